The summed E-state index contributed by atoms with van der Waals surface area (Å²) in [4.78, 5) is 11.8. The molecule has 0 bridgehead atoms. The summed E-state index contributed by atoms with van der Waals surface area (Å²) in [5.41, 5.74) is 1.66. The minimum Gasteiger partial charge on any atom is -0.444 e. The van der Waals surface area contributed by atoms with E-state index in [9.17, 15) is 4.39 Å². The zero-order valence-electron chi connectivity index (χ0n) is 20.0. The quantitative estimate of drug-likeness (QED) is 0.278. The number of piperidine rings is 1. The lowest BCUT2D eigenvalue weighted by molar-refractivity contribution is 0.164. The van der Waals surface area contributed by atoms with E-state index in [1.807, 2.05) is 26.0 Å². The molecule has 2 N–H and O–H groups in total. The molecular formula is C25H37FIN5O. The highest BCUT2D eigenvalue weighted by Crippen LogP contribution is 2.49. The molecule has 2 aromatic rings. The third kappa shape index (κ3) is 6.68. The van der Waals surface area contributed by atoms with E-state index in [1.165, 1.54) is 0 Å². The van der Waals surface area contributed by atoms with Gasteiger partial charge in [0.25, 0.3) is 0 Å². The highest BCUT2D eigenvalue weighted by Gasteiger charge is 2.45. The molecule has 2 aliphatic rings. The molecule has 33 heavy (non-hydrogen) atoms. The van der Waals surface area contributed by atoms with Crippen molar-refractivity contribution in [3.8, 4) is 0 Å². The van der Waals surface area contributed by atoms with Gasteiger partial charge in [0.1, 0.15) is 11.6 Å². The fourth-order valence-corrected chi connectivity index (χ4v) is 4.51. The van der Waals surface area contributed by atoms with Gasteiger partial charge in [-0.05, 0) is 77.1 Å². The van der Waals surface area contributed by atoms with E-state index in [4.69, 9.17) is 9.41 Å². The first kappa shape index (κ1) is 25.9. The Bertz CT molecular complexity index is 915. The predicted molar refractivity (Wildman–Crippen MR) is 141 cm³/mol. The zero-order valence-corrected chi connectivity index (χ0v) is 22.3. The van der Waals surface area contributed by atoms with Gasteiger partial charge in [0.15, 0.2) is 5.96 Å². The van der Waals surface area contributed by atoms with Crippen LogP contribution in [0.2, 0.25) is 0 Å². The third-order valence-corrected chi connectivity index (χ3v) is 6.88. The smallest absolute Gasteiger partial charge is 0.208 e. The van der Waals surface area contributed by atoms with Crippen molar-refractivity contribution >= 4 is 29.9 Å². The van der Waals surface area contributed by atoms with Crippen LogP contribution in [0.25, 0.3) is 0 Å². The van der Waals surface area contributed by atoms with Crippen LogP contribution in [0.1, 0.15) is 55.5 Å². The Morgan fingerprint density at radius 2 is 1.94 bits per heavy atom. The third-order valence-electron chi connectivity index (χ3n) is 6.88. The van der Waals surface area contributed by atoms with Gasteiger partial charge in [0, 0.05) is 18.5 Å². The van der Waals surface area contributed by atoms with Gasteiger partial charge in [-0.25, -0.2) is 9.37 Å². The molecule has 8 heteroatoms. The number of likely N-dealkylation sites (tertiary alicyclic amines) is 1. The van der Waals surface area contributed by atoms with Crippen LogP contribution in [-0.2, 0) is 12.0 Å². The van der Waals surface area contributed by atoms with Gasteiger partial charge in [-0.3, -0.25) is 9.89 Å². The number of guanidine groups is 1. The van der Waals surface area contributed by atoms with E-state index in [0.717, 1.165) is 87.3 Å². The number of aromatic nitrogens is 1. The molecule has 0 radical (unpaired) electrons. The van der Waals surface area contributed by atoms with E-state index in [0.29, 0.717) is 12.5 Å². The molecule has 1 aliphatic heterocycles. The average Bonchev–Trinajstić information content (AvgIpc) is 3.50. The number of aliphatic imine (C=N–C) groups is 1. The van der Waals surface area contributed by atoms with E-state index >= 15 is 0 Å². The van der Waals surface area contributed by atoms with Gasteiger partial charge >= 0.3 is 0 Å². The van der Waals surface area contributed by atoms with Gasteiger partial charge in [0.2, 0.25) is 5.89 Å². The predicted octanol–water partition coefficient (Wildman–Crippen LogP) is 4.55. The molecule has 4 rings (SSSR count). The van der Waals surface area contributed by atoms with Crippen molar-refractivity contribution in [2.45, 2.75) is 58.4 Å². The van der Waals surface area contributed by atoms with Crippen molar-refractivity contribution in [3.63, 3.8) is 0 Å². The number of benzene rings is 1. The fourth-order valence-electron chi connectivity index (χ4n) is 4.51. The number of hydrogen-bond donors (Lipinski definition) is 2. The number of halogens is 2. The summed E-state index contributed by atoms with van der Waals surface area (Å²) in [5, 5.41) is 6.88. The van der Waals surface area contributed by atoms with E-state index in [2.05, 4.69) is 27.4 Å². The number of hydrogen-bond acceptors (Lipinski definition) is 4. The number of aryl methyl sites for hydroxylation is 2. The lowest BCUT2D eigenvalue weighted by Crippen LogP contribution is -2.43. The second-order valence-corrected chi connectivity index (χ2v) is 9.30. The number of nitrogens with one attached hydrogen (secondary N) is 2. The SMILES string of the molecule is CCNC(=NCC1(c2ccccc2F)CC1)NCC1CCN(Cc2nc(C)c(C)o2)CC1.I. The first-order chi connectivity index (χ1) is 15.5. The normalized spacial score (nSPS) is 18.6. The minimum absolute atomic E-state index is 0. The molecule has 6 nitrogen and oxygen atoms in total. The fraction of sp³-hybridized carbons (Fsp3) is 0.600. The molecule has 1 saturated heterocycles. The zero-order chi connectivity index (χ0) is 22.6. The van der Waals surface area contributed by atoms with Crippen LogP contribution in [0, 0.1) is 25.6 Å². The van der Waals surface area contributed by atoms with Crippen LogP contribution in [0.15, 0.2) is 33.7 Å². The number of oxazole rings is 1. The molecule has 2 fully saturated rings. The first-order valence-corrected chi connectivity index (χ1v) is 11.9. The highest BCUT2D eigenvalue weighted by atomic mass is 127. The molecule has 1 aromatic carbocycles. The van der Waals surface area contributed by atoms with Gasteiger partial charge in [-0.1, -0.05) is 18.2 Å². The summed E-state index contributed by atoms with van der Waals surface area (Å²) in [6.45, 7) is 11.3. The van der Waals surface area contributed by atoms with Crippen molar-refractivity contribution in [1.29, 1.82) is 0 Å². The van der Waals surface area contributed by atoms with Crippen molar-refractivity contribution in [1.82, 2.24) is 20.5 Å². The van der Waals surface area contributed by atoms with E-state index in [1.54, 1.807) is 12.1 Å². The van der Waals surface area contributed by atoms with Crippen LogP contribution in [0.5, 0.6) is 0 Å². The lowest BCUT2D eigenvalue weighted by Gasteiger charge is -2.31. The monoisotopic (exact) mass is 569 g/mol. The second-order valence-electron chi connectivity index (χ2n) is 9.30. The van der Waals surface area contributed by atoms with Crippen molar-refractivity contribution in [2.24, 2.45) is 10.9 Å². The summed E-state index contributed by atoms with van der Waals surface area (Å²) < 4.78 is 20.0. The Hall–Kier alpha value is -1.68. The second kappa shape index (κ2) is 11.6. The van der Waals surface area contributed by atoms with Gasteiger partial charge < -0.3 is 15.1 Å². The molecule has 182 valence electrons. The molecule has 0 atom stereocenters. The standard InChI is InChI=1S/C25H36FN5O.HI/c1-4-27-24(29-17-25(11-12-25)21-7-5-6-8-22(21)26)28-15-20-9-13-31(14-10-20)16-23-30-18(2)19(3)32-23;/h5-8,20H,4,9-17H2,1-3H3,(H2,27,28,29);1H. The number of rotatable bonds is 8. The summed E-state index contributed by atoms with van der Waals surface area (Å²) >= 11 is 0. The molecule has 0 spiro atoms. The first-order valence-electron chi connectivity index (χ1n) is 11.9. The Kier molecular flexibility index (Phi) is 9.15. The summed E-state index contributed by atoms with van der Waals surface area (Å²) in [7, 11) is 0. The van der Waals surface area contributed by atoms with Gasteiger partial charge in [0.05, 0.1) is 18.8 Å². The average molecular weight is 570 g/mol. The maximum atomic E-state index is 14.3. The highest BCUT2D eigenvalue weighted by molar-refractivity contribution is 14.0. The van der Waals surface area contributed by atoms with Gasteiger partial charge in [-0.2, -0.15) is 0 Å². The van der Waals surface area contributed by atoms with Crippen LogP contribution in [-0.4, -0.2) is 48.6 Å². The van der Waals surface area contributed by atoms with Crippen LogP contribution in [0.4, 0.5) is 4.39 Å². The Morgan fingerprint density at radius 3 is 2.55 bits per heavy atom. The van der Waals surface area contributed by atoms with E-state index in [-0.39, 0.29) is 35.2 Å². The topological polar surface area (TPSA) is 65.7 Å². The Balaban J connectivity index is 0.00000306. The Morgan fingerprint density at radius 1 is 1.21 bits per heavy atom. The number of nitrogens with zero attached hydrogens (tertiary/aromatic N) is 3. The maximum absolute atomic E-state index is 14.3. The van der Waals surface area contributed by atoms with Crippen molar-refractivity contribution in [2.75, 3.05) is 32.7 Å². The van der Waals surface area contributed by atoms with Crippen molar-refractivity contribution in [3.05, 3.63) is 53.0 Å². The molecule has 1 saturated carbocycles. The summed E-state index contributed by atoms with van der Waals surface area (Å²) in [6, 6.07) is 7.14. The van der Waals surface area contributed by atoms with Crippen molar-refractivity contribution < 1.29 is 8.81 Å². The summed E-state index contributed by atoms with van der Waals surface area (Å²) in [6.07, 6.45) is 4.28. The maximum Gasteiger partial charge on any atom is 0.208 e. The molecular weight excluding hydrogens is 532 g/mol. The van der Waals surface area contributed by atoms with Crippen LogP contribution >= 0.6 is 24.0 Å². The molecule has 2 heterocycles. The molecule has 1 aromatic heterocycles. The van der Waals surface area contributed by atoms with Crippen LogP contribution in [0.3, 0.4) is 0 Å². The summed E-state index contributed by atoms with van der Waals surface area (Å²) in [5.74, 6) is 3.08. The lowest BCUT2D eigenvalue weighted by atomic mass is 9.95. The molecule has 0 unspecified atom stereocenters. The molecule has 1 aliphatic carbocycles. The molecule has 0 amide bonds. The minimum atomic E-state index is -0.129. The largest absolute Gasteiger partial charge is 0.444 e. The van der Waals surface area contributed by atoms with Gasteiger partial charge in [-0.15, -0.1) is 24.0 Å². The van der Waals surface area contributed by atoms with E-state index < -0.39 is 0 Å². The van der Waals surface area contributed by atoms with Crippen LogP contribution < -0.4 is 10.6 Å². The Labute approximate surface area is 213 Å².